The first-order chi connectivity index (χ1) is 12.0. The Morgan fingerprint density at radius 3 is 2.60 bits per heavy atom. The monoisotopic (exact) mass is 334 g/mol. The van der Waals surface area contributed by atoms with Crippen LogP contribution in [0.25, 0.3) is 10.9 Å². The lowest BCUT2D eigenvalue weighted by Crippen LogP contribution is -2.12. The predicted molar refractivity (Wildman–Crippen MR) is 101 cm³/mol. The van der Waals surface area contributed by atoms with E-state index in [1.807, 2.05) is 43.3 Å². The Balaban J connectivity index is 1.78. The normalized spacial score (nSPS) is 10.9. The second-order valence-corrected chi connectivity index (χ2v) is 6.51. The van der Waals surface area contributed by atoms with Gasteiger partial charge in [0, 0.05) is 17.1 Å². The van der Waals surface area contributed by atoms with Crippen LogP contribution in [-0.4, -0.2) is 17.5 Å². The Kier molecular flexibility index (Phi) is 4.98. The number of fused-ring (bicyclic) bond motifs is 1. The lowest BCUT2D eigenvalue weighted by atomic mass is 10.1. The summed E-state index contributed by atoms with van der Waals surface area (Å²) in [6.45, 7) is 6.87. The van der Waals surface area contributed by atoms with E-state index in [-0.39, 0.29) is 5.91 Å². The second kappa shape index (κ2) is 7.34. The minimum absolute atomic E-state index is 0.149. The van der Waals surface area contributed by atoms with Crippen molar-refractivity contribution in [2.45, 2.75) is 20.8 Å². The zero-order valence-electron chi connectivity index (χ0n) is 14.7. The molecule has 0 unspecified atom stereocenters. The highest BCUT2D eigenvalue weighted by Crippen LogP contribution is 2.25. The summed E-state index contributed by atoms with van der Waals surface area (Å²) in [7, 11) is 0. The predicted octanol–water partition coefficient (Wildman–Crippen LogP) is 4.83. The first-order valence-electron chi connectivity index (χ1n) is 8.43. The van der Waals surface area contributed by atoms with Gasteiger partial charge in [-0.2, -0.15) is 0 Å². The molecular weight excluding hydrogens is 312 g/mol. The summed E-state index contributed by atoms with van der Waals surface area (Å²) in [5.41, 5.74) is 3.34. The largest absolute Gasteiger partial charge is 0.493 e. The number of rotatable bonds is 5. The van der Waals surface area contributed by atoms with Crippen LogP contribution in [0.3, 0.4) is 0 Å². The third kappa shape index (κ3) is 3.97. The summed E-state index contributed by atoms with van der Waals surface area (Å²) in [5.74, 6) is 1.09. The number of nitrogens with zero attached hydrogens (tertiary/aromatic N) is 1. The molecule has 128 valence electrons. The first kappa shape index (κ1) is 17.0. The van der Waals surface area contributed by atoms with Crippen LogP contribution < -0.4 is 10.1 Å². The molecule has 0 saturated heterocycles. The molecular formula is C21H22N2O2. The lowest BCUT2D eigenvalue weighted by Gasteiger charge is -2.11. The highest BCUT2D eigenvalue weighted by molar-refractivity contribution is 6.09. The number of aromatic nitrogens is 1. The van der Waals surface area contributed by atoms with Gasteiger partial charge in [0.25, 0.3) is 5.91 Å². The van der Waals surface area contributed by atoms with Crippen LogP contribution >= 0.6 is 0 Å². The minimum atomic E-state index is -0.149. The van der Waals surface area contributed by atoms with Crippen molar-refractivity contribution in [3.63, 3.8) is 0 Å². The van der Waals surface area contributed by atoms with E-state index < -0.39 is 0 Å². The van der Waals surface area contributed by atoms with Crippen molar-refractivity contribution in [2.75, 3.05) is 11.9 Å². The molecule has 1 amide bonds. The molecule has 0 bridgehead atoms. The van der Waals surface area contributed by atoms with E-state index in [2.05, 4.69) is 24.1 Å². The third-order valence-electron chi connectivity index (χ3n) is 3.92. The van der Waals surface area contributed by atoms with Crippen molar-refractivity contribution in [3.05, 3.63) is 65.9 Å². The summed E-state index contributed by atoms with van der Waals surface area (Å²) in [6.07, 6.45) is 1.76. The van der Waals surface area contributed by atoms with Gasteiger partial charge in [0.2, 0.25) is 0 Å². The van der Waals surface area contributed by atoms with Crippen LogP contribution in [0, 0.1) is 12.8 Å². The molecule has 0 radical (unpaired) electrons. The fourth-order valence-corrected chi connectivity index (χ4v) is 2.58. The first-order valence-corrected chi connectivity index (χ1v) is 8.43. The van der Waals surface area contributed by atoms with Crippen molar-refractivity contribution in [3.8, 4) is 5.75 Å². The number of ether oxygens (including phenoxy) is 1. The maximum atomic E-state index is 12.5. The van der Waals surface area contributed by atoms with Crippen LogP contribution in [0.2, 0.25) is 0 Å². The SMILES string of the molecule is Cc1ccc(NC(=O)c2ccc(OCC(C)C)cc2)c2cccnc12. The Morgan fingerprint density at radius 1 is 1.12 bits per heavy atom. The number of anilines is 1. The van der Waals surface area contributed by atoms with Crippen LogP contribution in [-0.2, 0) is 0 Å². The summed E-state index contributed by atoms with van der Waals surface area (Å²) >= 11 is 0. The zero-order chi connectivity index (χ0) is 17.8. The van der Waals surface area contributed by atoms with Gasteiger partial charge in [0.1, 0.15) is 5.75 Å². The van der Waals surface area contributed by atoms with Crippen molar-refractivity contribution in [1.82, 2.24) is 4.98 Å². The van der Waals surface area contributed by atoms with Gasteiger partial charge < -0.3 is 10.1 Å². The molecule has 25 heavy (non-hydrogen) atoms. The third-order valence-corrected chi connectivity index (χ3v) is 3.92. The molecule has 1 heterocycles. The maximum Gasteiger partial charge on any atom is 0.255 e. The summed E-state index contributed by atoms with van der Waals surface area (Å²) in [5, 5.41) is 3.92. The molecule has 0 aliphatic heterocycles. The fourth-order valence-electron chi connectivity index (χ4n) is 2.58. The molecule has 1 aromatic heterocycles. The molecule has 0 aliphatic carbocycles. The van der Waals surface area contributed by atoms with E-state index in [1.165, 1.54) is 0 Å². The molecule has 3 rings (SSSR count). The Hall–Kier alpha value is -2.88. The smallest absolute Gasteiger partial charge is 0.255 e. The van der Waals surface area contributed by atoms with Gasteiger partial charge in [-0.3, -0.25) is 9.78 Å². The highest BCUT2D eigenvalue weighted by atomic mass is 16.5. The average molecular weight is 334 g/mol. The van der Waals surface area contributed by atoms with Gasteiger partial charge in [0.15, 0.2) is 0 Å². The summed E-state index contributed by atoms with van der Waals surface area (Å²) < 4.78 is 5.65. The molecule has 0 saturated carbocycles. The molecule has 2 aromatic carbocycles. The molecule has 3 aromatic rings. The average Bonchev–Trinajstić information content (AvgIpc) is 2.63. The van der Waals surface area contributed by atoms with Crippen LogP contribution in [0.4, 0.5) is 5.69 Å². The molecule has 0 aliphatic rings. The summed E-state index contributed by atoms with van der Waals surface area (Å²) in [6, 6.07) is 14.9. The van der Waals surface area contributed by atoms with Crippen LogP contribution in [0.15, 0.2) is 54.7 Å². The number of hydrogen-bond donors (Lipinski definition) is 1. The van der Waals surface area contributed by atoms with E-state index in [0.717, 1.165) is 27.9 Å². The van der Waals surface area contributed by atoms with Gasteiger partial charge in [-0.1, -0.05) is 19.9 Å². The van der Waals surface area contributed by atoms with Gasteiger partial charge in [-0.25, -0.2) is 0 Å². The van der Waals surface area contributed by atoms with Crippen LogP contribution in [0.5, 0.6) is 5.75 Å². The molecule has 4 heteroatoms. The Morgan fingerprint density at radius 2 is 1.88 bits per heavy atom. The Labute approximate surface area is 147 Å². The summed E-state index contributed by atoms with van der Waals surface area (Å²) in [4.78, 5) is 16.9. The van der Waals surface area contributed by atoms with Gasteiger partial charge in [-0.05, 0) is 60.9 Å². The van der Waals surface area contributed by atoms with Crippen LogP contribution in [0.1, 0.15) is 29.8 Å². The quantitative estimate of drug-likeness (QED) is 0.727. The highest BCUT2D eigenvalue weighted by Gasteiger charge is 2.10. The maximum absolute atomic E-state index is 12.5. The van der Waals surface area contributed by atoms with Crippen molar-refractivity contribution >= 4 is 22.5 Å². The van der Waals surface area contributed by atoms with E-state index in [4.69, 9.17) is 4.74 Å². The van der Waals surface area contributed by atoms with E-state index in [0.29, 0.717) is 18.1 Å². The topological polar surface area (TPSA) is 51.2 Å². The number of benzene rings is 2. The zero-order valence-corrected chi connectivity index (χ0v) is 14.7. The number of aryl methyl sites for hydroxylation is 1. The van der Waals surface area contributed by atoms with Crippen molar-refractivity contribution in [2.24, 2.45) is 5.92 Å². The van der Waals surface area contributed by atoms with Gasteiger partial charge >= 0.3 is 0 Å². The number of pyridine rings is 1. The molecule has 0 atom stereocenters. The number of carbonyl (C=O) groups excluding carboxylic acids is 1. The van der Waals surface area contributed by atoms with Crippen molar-refractivity contribution < 1.29 is 9.53 Å². The second-order valence-electron chi connectivity index (χ2n) is 6.51. The minimum Gasteiger partial charge on any atom is -0.493 e. The number of nitrogens with one attached hydrogen (secondary N) is 1. The van der Waals surface area contributed by atoms with E-state index >= 15 is 0 Å². The standard InChI is InChI=1S/C21H22N2O2/c1-14(2)13-25-17-9-7-16(8-10-17)21(24)23-19-11-6-15(3)20-18(19)5-4-12-22-20/h4-12,14H,13H2,1-3H3,(H,23,24). The van der Waals surface area contributed by atoms with Gasteiger partial charge in [0.05, 0.1) is 17.8 Å². The Bertz CT molecular complexity index is 886. The lowest BCUT2D eigenvalue weighted by molar-refractivity contribution is 0.102. The van der Waals surface area contributed by atoms with E-state index in [9.17, 15) is 4.79 Å². The number of hydrogen-bond acceptors (Lipinski definition) is 3. The van der Waals surface area contributed by atoms with E-state index in [1.54, 1.807) is 18.3 Å². The fraction of sp³-hybridized carbons (Fsp3) is 0.238. The molecule has 4 nitrogen and oxygen atoms in total. The van der Waals surface area contributed by atoms with Crippen molar-refractivity contribution in [1.29, 1.82) is 0 Å². The van der Waals surface area contributed by atoms with Gasteiger partial charge in [-0.15, -0.1) is 0 Å². The number of carbonyl (C=O) groups is 1. The molecule has 1 N–H and O–H groups in total. The molecule has 0 spiro atoms. The number of amides is 1. The molecule has 0 fully saturated rings.